The average Bonchev–Trinajstić information content (AvgIpc) is 2.33. The molecule has 4 rings (SSSR count). The fraction of sp³-hybridized carbons (Fsp3) is 0.882. The van der Waals surface area contributed by atoms with E-state index in [1.165, 1.54) is 19.3 Å². The third kappa shape index (κ3) is 2.24. The standard InChI is InChI=1S/C17H26N2O/c1-15(2,10-18)11-19-14(20)17-7-12-4-13(8-17)6-16(3,5-12)9-17/h12-13H,4-9,11H2,1-3H3,(H,19,20). The molecule has 0 aromatic heterocycles. The lowest BCUT2D eigenvalue weighted by Gasteiger charge is -2.60. The summed E-state index contributed by atoms with van der Waals surface area (Å²) in [6, 6.07) is 2.26. The lowest BCUT2D eigenvalue weighted by atomic mass is 9.44. The Bertz CT molecular complexity index is 460. The minimum absolute atomic E-state index is 0.121. The highest BCUT2D eigenvalue weighted by molar-refractivity contribution is 5.83. The highest BCUT2D eigenvalue weighted by Gasteiger charge is 2.58. The Balaban J connectivity index is 1.73. The molecule has 4 aliphatic rings. The van der Waals surface area contributed by atoms with Crippen molar-refractivity contribution in [1.29, 1.82) is 5.26 Å². The first kappa shape index (κ1) is 13.9. The predicted octanol–water partition coefficient (Wildman–Crippen LogP) is 3.26. The maximum atomic E-state index is 12.8. The molecule has 0 radical (unpaired) electrons. The molecule has 0 saturated heterocycles. The fourth-order valence-corrected chi connectivity index (χ4v) is 5.51. The van der Waals surface area contributed by atoms with Gasteiger partial charge in [-0.25, -0.2) is 0 Å². The van der Waals surface area contributed by atoms with Crippen molar-refractivity contribution in [3.8, 4) is 6.07 Å². The second kappa shape index (κ2) is 4.23. The van der Waals surface area contributed by atoms with E-state index in [9.17, 15) is 4.79 Å². The van der Waals surface area contributed by atoms with Crippen LogP contribution in [0.25, 0.3) is 0 Å². The van der Waals surface area contributed by atoms with E-state index in [2.05, 4.69) is 18.3 Å². The van der Waals surface area contributed by atoms with Crippen molar-refractivity contribution in [2.24, 2.45) is 28.1 Å². The molecular weight excluding hydrogens is 248 g/mol. The van der Waals surface area contributed by atoms with Gasteiger partial charge in [-0.15, -0.1) is 0 Å². The van der Waals surface area contributed by atoms with Gasteiger partial charge in [-0.1, -0.05) is 6.92 Å². The first-order valence-electron chi connectivity index (χ1n) is 7.96. The minimum Gasteiger partial charge on any atom is -0.354 e. The van der Waals surface area contributed by atoms with Crippen LogP contribution in [0.2, 0.25) is 0 Å². The highest BCUT2D eigenvalue weighted by Crippen LogP contribution is 2.65. The van der Waals surface area contributed by atoms with Gasteiger partial charge in [-0.3, -0.25) is 4.79 Å². The summed E-state index contributed by atoms with van der Waals surface area (Å²) in [5.41, 5.74) is -0.196. The number of carbonyl (C=O) groups is 1. The summed E-state index contributed by atoms with van der Waals surface area (Å²) in [7, 11) is 0. The maximum Gasteiger partial charge on any atom is 0.226 e. The number of nitrogens with zero attached hydrogens (tertiary/aromatic N) is 1. The normalized spacial score (nSPS) is 42.3. The van der Waals surface area contributed by atoms with Crippen LogP contribution in [0.4, 0.5) is 0 Å². The summed E-state index contributed by atoms with van der Waals surface area (Å²) in [6.07, 6.45) is 7.21. The van der Waals surface area contributed by atoms with E-state index < -0.39 is 5.41 Å². The minimum atomic E-state index is -0.470. The van der Waals surface area contributed by atoms with Crippen molar-refractivity contribution >= 4 is 5.91 Å². The number of carbonyl (C=O) groups excluding carboxylic acids is 1. The van der Waals surface area contributed by atoms with Crippen LogP contribution < -0.4 is 5.32 Å². The lowest BCUT2D eigenvalue weighted by molar-refractivity contribution is -0.155. The van der Waals surface area contributed by atoms with Crippen molar-refractivity contribution in [2.45, 2.75) is 59.3 Å². The highest BCUT2D eigenvalue weighted by atomic mass is 16.2. The molecule has 2 atom stereocenters. The molecule has 0 aromatic rings. The van der Waals surface area contributed by atoms with E-state index in [0.717, 1.165) is 31.1 Å². The Kier molecular flexibility index (Phi) is 2.94. The van der Waals surface area contributed by atoms with Crippen LogP contribution in [-0.2, 0) is 4.79 Å². The van der Waals surface area contributed by atoms with Crippen LogP contribution in [0.15, 0.2) is 0 Å². The summed E-state index contributed by atoms with van der Waals surface area (Å²) < 4.78 is 0. The molecule has 0 spiro atoms. The molecule has 3 heteroatoms. The van der Waals surface area contributed by atoms with Gasteiger partial charge in [0.15, 0.2) is 0 Å². The zero-order valence-corrected chi connectivity index (χ0v) is 13.0. The summed E-state index contributed by atoms with van der Waals surface area (Å²) in [5.74, 6) is 1.74. The van der Waals surface area contributed by atoms with Gasteiger partial charge in [0.1, 0.15) is 0 Å². The Labute approximate surface area is 122 Å². The molecule has 4 aliphatic carbocycles. The van der Waals surface area contributed by atoms with Crippen molar-refractivity contribution in [1.82, 2.24) is 5.32 Å². The number of rotatable bonds is 3. The summed E-state index contributed by atoms with van der Waals surface area (Å²) in [4.78, 5) is 12.8. The van der Waals surface area contributed by atoms with Gasteiger partial charge >= 0.3 is 0 Å². The number of amides is 1. The Morgan fingerprint density at radius 3 is 2.40 bits per heavy atom. The molecule has 0 aliphatic heterocycles. The quantitative estimate of drug-likeness (QED) is 0.858. The third-order valence-electron chi connectivity index (χ3n) is 5.83. The van der Waals surface area contributed by atoms with Crippen LogP contribution in [-0.4, -0.2) is 12.5 Å². The molecule has 4 fully saturated rings. The SMILES string of the molecule is CC(C)(C#N)CNC(=O)C12CC3CC(CC(C)(C3)C1)C2. The fourth-order valence-electron chi connectivity index (χ4n) is 5.51. The van der Waals surface area contributed by atoms with Crippen molar-refractivity contribution in [3.05, 3.63) is 0 Å². The van der Waals surface area contributed by atoms with Crippen LogP contribution in [0.1, 0.15) is 59.3 Å². The molecule has 4 saturated carbocycles. The van der Waals surface area contributed by atoms with Crippen molar-refractivity contribution < 1.29 is 4.79 Å². The summed E-state index contributed by atoms with van der Waals surface area (Å²) in [6.45, 7) is 6.62. The van der Waals surface area contributed by atoms with Gasteiger partial charge in [-0.2, -0.15) is 5.26 Å². The number of nitrogens with one attached hydrogen (secondary N) is 1. The molecule has 0 aromatic carbocycles. The third-order valence-corrected chi connectivity index (χ3v) is 5.83. The van der Waals surface area contributed by atoms with Crippen LogP contribution in [0, 0.1) is 39.4 Å². The average molecular weight is 274 g/mol. The number of hydrogen-bond donors (Lipinski definition) is 1. The van der Waals surface area contributed by atoms with E-state index in [1.807, 2.05) is 13.8 Å². The van der Waals surface area contributed by atoms with E-state index in [1.54, 1.807) is 0 Å². The zero-order chi connectivity index (χ0) is 14.6. The van der Waals surface area contributed by atoms with E-state index in [-0.39, 0.29) is 11.3 Å². The Morgan fingerprint density at radius 2 is 1.90 bits per heavy atom. The molecule has 20 heavy (non-hydrogen) atoms. The van der Waals surface area contributed by atoms with E-state index in [0.29, 0.717) is 12.0 Å². The molecule has 4 bridgehead atoms. The summed E-state index contributed by atoms with van der Waals surface area (Å²) in [5, 5.41) is 12.2. The Hall–Kier alpha value is -1.04. The van der Waals surface area contributed by atoms with Gasteiger partial charge in [-0.05, 0) is 69.6 Å². The second-order valence-corrected chi connectivity index (χ2v) is 8.73. The molecule has 1 amide bonds. The largest absolute Gasteiger partial charge is 0.354 e. The van der Waals surface area contributed by atoms with Crippen molar-refractivity contribution in [3.63, 3.8) is 0 Å². The first-order valence-corrected chi connectivity index (χ1v) is 7.96. The first-order chi connectivity index (χ1) is 9.26. The zero-order valence-electron chi connectivity index (χ0n) is 13.0. The van der Waals surface area contributed by atoms with Crippen LogP contribution in [0.3, 0.4) is 0 Å². The second-order valence-electron chi connectivity index (χ2n) is 8.73. The predicted molar refractivity (Wildman–Crippen MR) is 77.6 cm³/mol. The van der Waals surface area contributed by atoms with Gasteiger partial charge in [0.2, 0.25) is 5.91 Å². The van der Waals surface area contributed by atoms with Crippen LogP contribution >= 0.6 is 0 Å². The van der Waals surface area contributed by atoms with E-state index in [4.69, 9.17) is 5.26 Å². The molecular formula is C17H26N2O. The molecule has 3 nitrogen and oxygen atoms in total. The van der Waals surface area contributed by atoms with Gasteiger partial charge in [0.05, 0.1) is 16.9 Å². The maximum absolute atomic E-state index is 12.8. The smallest absolute Gasteiger partial charge is 0.226 e. The van der Waals surface area contributed by atoms with E-state index >= 15 is 0 Å². The topological polar surface area (TPSA) is 52.9 Å². The molecule has 2 unspecified atom stereocenters. The lowest BCUT2D eigenvalue weighted by Crippen LogP contribution is -2.57. The summed E-state index contributed by atoms with van der Waals surface area (Å²) >= 11 is 0. The Morgan fingerprint density at radius 1 is 1.30 bits per heavy atom. The number of nitriles is 1. The molecule has 110 valence electrons. The van der Waals surface area contributed by atoms with Gasteiger partial charge in [0, 0.05) is 6.54 Å². The monoisotopic (exact) mass is 274 g/mol. The van der Waals surface area contributed by atoms with Crippen LogP contribution in [0.5, 0.6) is 0 Å². The molecule has 0 heterocycles. The van der Waals surface area contributed by atoms with Gasteiger partial charge in [0.25, 0.3) is 0 Å². The van der Waals surface area contributed by atoms with Crippen molar-refractivity contribution in [2.75, 3.05) is 6.54 Å². The van der Waals surface area contributed by atoms with Gasteiger partial charge < -0.3 is 5.32 Å². The number of hydrogen-bond acceptors (Lipinski definition) is 2. The molecule has 1 N–H and O–H groups in total.